The van der Waals surface area contributed by atoms with Crippen LogP contribution in [0.3, 0.4) is 0 Å². The van der Waals surface area contributed by atoms with Gasteiger partial charge in [0.05, 0.1) is 18.4 Å². The minimum absolute atomic E-state index is 0.0838. The molecule has 9 nitrogen and oxygen atoms in total. The summed E-state index contributed by atoms with van der Waals surface area (Å²) >= 11 is -2.22. The summed E-state index contributed by atoms with van der Waals surface area (Å²) in [4.78, 5) is 32.6. The van der Waals surface area contributed by atoms with Crippen LogP contribution in [0.25, 0.3) is 0 Å². The van der Waals surface area contributed by atoms with E-state index >= 15 is 0 Å². The minimum atomic E-state index is -2.22. The first-order valence-electron chi connectivity index (χ1n) is 8.53. The molecule has 2 amide bonds. The van der Waals surface area contributed by atoms with E-state index < -0.39 is 11.3 Å². The molecule has 0 saturated carbocycles. The van der Waals surface area contributed by atoms with Gasteiger partial charge in [0.2, 0.25) is 0 Å². The summed E-state index contributed by atoms with van der Waals surface area (Å²) in [6.45, 7) is 1.66. The van der Waals surface area contributed by atoms with Crippen molar-refractivity contribution in [2.75, 3.05) is 38.0 Å². The molecule has 2 aromatic rings. The zero-order valence-electron chi connectivity index (χ0n) is 15.2. The summed E-state index contributed by atoms with van der Waals surface area (Å²) in [5.41, 5.74) is 1.29. The van der Waals surface area contributed by atoms with Crippen molar-refractivity contribution in [2.45, 2.75) is 0 Å². The van der Waals surface area contributed by atoms with Gasteiger partial charge in [-0.2, -0.15) is 0 Å². The summed E-state index contributed by atoms with van der Waals surface area (Å²) in [6, 6.07) is 7.90. The van der Waals surface area contributed by atoms with Crippen molar-refractivity contribution in [3.05, 3.63) is 53.9 Å². The number of rotatable bonds is 5. The lowest BCUT2D eigenvalue weighted by Crippen LogP contribution is -2.50. The highest BCUT2D eigenvalue weighted by Gasteiger charge is 2.27. The third kappa shape index (κ3) is 4.46. The van der Waals surface area contributed by atoms with Crippen molar-refractivity contribution in [1.82, 2.24) is 14.8 Å². The maximum atomic E-state index is 12.9. The summed E-state index contributed by atoms with van der Waals surface area (Å²) in [5.74, 6) is -0.000201. The average molecular weight is 404 g/mol. The largest absolute Gasteiger partial charge is 0.496 e. The van der Waals surface area contributed by atoms with Crippen molar-refractivity contribution in [1.29, 1.82) is 0 Å². The van der Waals surface area contributed by atoms with Crippen LogP contribution < -0.4 is 9.46 Å². The van der Waals surface area contributed by atoms with Crippen molar-refractivity contribution in [3.8, 4) is 5.75 Å². The Balaban J connectivity index is 1.66. The van der Waals surface area contributed by atoms with E-state index in [1.165, 1.54) is 19.2 Å². The predicted molar refractivity (Wildman–Crippen MR) is 103 cm³/mol. The van der Waals surface area contributed by atoms with Crippen LogP contribution in [-0.4, -0.2) is 68.6 Å². The van der Waals surface area contributed by atoms with Crippen LogP contribution in [0.15, 0.2) is 42.7 Å². The number of hydrogen-bond donors (Lipinski definition) is 2. The first-order valence-corrected chi connectivity index (χ1v) is 9.64. The van der Waals surface area contributed by atoms with Crippen LogP contribution in [0.2, 0.25) is 0 Å². The maximum absolute atomic E-state index is 12.9. The number of nitrogens with one attached hydrogen (secondary N) is 1. The molecule has 1 atom stereocenters. The van der Waals surface area contributed by atoms with E-state index in [1.54, 1.807) is 40.4 Å². The molecule has 0 bridgehead atoms. The quantitative estimate of drug-likeness (QED) is 0.725. The summed E-state index contributed by atoms with van der Waals surface area (Å²) in [5, 5.41) is 0. The molecule has 28 heavy (non-hydrogen) atoms. The third-order valence-electron chi connectivity index (χ3n) is 4.42. The lowest BCUT2D eigenvalue weighted by molar-refractivity contribution is 0.0533. The number of pyridine rings is 1. The zero-order chi connectivity index (χ0) is 20.1. The SMILES string of the molecule is COc1cc(NS(=O)O)ccc1C(=O)N1CCN(C(=O)c2ccncc2)CC1. The van der Waals surface area contributed by atoms with E-state index in [9.17, 15) is 13.8 Å². The number of benzene rings is 1. The molecule has 0 radical (unpaired) electrons. The van der Waals surface area contributed by atoms with Crippen LogP contribution in [-0.2, 0) is 11.3 Å². The molecule has 0 spiro atoms. The lowest BCUT2D eigenvalue weighted by atomic mass is 10.1. The fourth-order valence-electron chi connectivity index (χ4n) is 2.99. The molecule has 1 aromatic heterocycles. The monoisotopic (exact) mass is 404 g/mol. The first kappa shape index (κ1) is 19.8. The van der Waals surface area contributed by atoms with E-state index in [-0.39, 0.29) is 11.8 Å². The summed E-state index contributed by atoms with van der Waals surface area (Å²) < 4.78 is 27.4. The van der Waals surface area contributed by atoms with Crippen LogP contribution >= 0.6 is 0 Å². The van der Waals surface area contributed by atoms with E-state index in [1.807, 2.05) is 0 Å². The number of methoxy groups -OCH3 is 1. The summed E-state index contributed by atoms with van der Waals surface area (Å²) in [7, 11) is 1.43. The van der Waals surface area contributed by atoms with Crippen LogP contribution in [0.1, 0.15) is 20.7 Å². The number of carbonyl (C=O) groups excluding carboxylic acids is 2. The topological polar surface area (TPSA) is 112 Å². The number of ether oxygens (including phenoxy) is 1. The van der Waals surface area contributed by atoms with Gasteiger partial charge >= 0.3 is 0 Å². The molecular weight excluding hydrogens is 384 g/mol. The van der Waals surface area contributed by atoms with Gasteiger partial charge in [-0.05, 0) is 24.3 Å². The van der Waals surface area contributed by atoms with Gasteiger partial charge in [-0.15, -0.1) is 0 Å². The van der Waals surface area contributed by atoms with Gasteiger partial charge in [0.1, 0.15) is 5.75 Å². The zero-order valence-corrected chi connectivity index (χ0v) is 16.0. The van der Waals surface area contributed by atoms with Gasteiger partial charge in [-0.25, -0.2) is 4.21 Å². The molecule has 2 heterocycles. The van der Waals surface area contributed by atoms with Crippen LogP contribution in [0, 0.1) is 0 Å². The highest BCUT2D eigenvalue weighted by Crippen LogP contribution is 2.25. The Morgan fingerprint density at radius 2 is 1.68 bits per heavy atom. The van der Waals surface area contributed by atoms with Gasteiger partial charge in [0.25, 0.3) is 23.1 Å². The van der Waals surface area contributed by atoms with Gasteiger partial charge in [-0.3, -0.25) is 23.8 Å². The second-order valence-electron chi connectivity index (χ2n) is 6.09. The predicted octanol–water partition coefficient (Wildman–Crippen LogP) is 1.24. The second-order valence-corrected chi connectivity index (χ2v) is 6.79. The Morgan fingerprint density at radius 1 is 1.07 bits per heavy atom. The number of piperazine rings is 1. The lowest BCUT2D eigenvalue weighted by Gasteiger charge is -2.35. The maximum Gasteiger partial charge on any atom is 0.259 e. The van der Waals surface area contributed by atoms with Crippen LogP contribution in [0.5, 0.6) is 5.75 Å². The smallest absolute Gasteiger partial charge is 0.259 e. The van der Waals surface area contributed by atoms with Crippen molar-refractivity contribution < 1.29 is 23.1 Å². The standard InChI is InChI=1S/C18H20N4O5S/c1-27-16-12-14(20-28(25)26)2-3-15(16)18(24)22-10-8-21(9-11-22)17(23)13-4-6-19-7-5-13/h2-7,12,20H,8-11H2,1H3,(H,25,26). The van der Waals surface area contributed by atoms with Crippen molar-refractivity contribution in [3.63, 3.8) is 0 Å². The molecule has 2 N–H and O–H groups in total. The number of hydrogen-bond acceptors (Lipinski definition) is 5. The molecule has 1 aliphatic heterocycles. The summed E-state index contributed by atoms with van der Waals surface area (Å²) in [6.07, 6.45) is 3.15. The fraction of sp³-hybridized carbons (Fsp3) is 0.278. The molecule has 1 saturated heterocycles. The normalized spacial score (nSPS) is 15.1. The van der Waals surface area contributed by atoms with E-state index in [4.69, 9.17) is 9.29 Å². The van der Waals surface area contributed by atoms with Gasteiger partial charge < -0.3 is 14.5 Å². The molecule has 1 aliphatic rings. The second kappa shape index (κ2) is 8.81. The third-order valence-corrected chi connectivity index (χ3v) is 4.83. The van der Waals surface area contributed by atoms with Crippen LogP contribution in [0.4, 0.5) is 5.69 Å². The first-order chi connectivity index (χ1) is 13.5. The molecule has 1 fully saturated rings. The fourth-order valence-corrected chi connectivity index (χ4v) is 3.32. The Labute approximate surface area is 164 Å². The minimum Gasteiger partial charge on any atom is -0.496 e. The van der Waals surface area contributed by atoms with Crippen molar-refractivity contribution >= 4 is 28.8 Å². The van der Waals surface area contributed by atoms with E-state index in [0.717, 1.165) is 0 Å². The molecule has 148 valence electrons. The highest BCUT2D eigenvalue weighted by atomic mass is 32.2. The number of amides is 2. The molecule has 10 heteroatoms. The number of aromatic nitrogens is 1. The molecule has 1 aromatic carbocycles. The Kier molecular flexibility index (Phi) is 6.22. The molecular formula is C18H20N4O5S. The average Bonchev–Trinajstić information content (AvgIpc) is 2.73. The van der Waals surface area contributed by atoms with E-state index in [2.05, 4.69) is 9.71 Å². The Bertz CT molecular complexity index is 885. The van der Waals surface area contributed by atoms with Gasteiger partial charge in [0, 0.05) is 50.2 Å². The Hall–Kier alpha value is -2.98. The highest BCUT2D eigenvalue weighted by molar-refractivity contribution is 7.80. The molecule has 0 aliphatic carbocycles. The number of anilines is 1. The Morgan fingerprint density at radius 3 is 2.25 bits per heavy atom. The van der Waals surface area contributed by atoms with E-state index in [0.29, 0.717) is 48.7 Å². The molecule has 1 unspecified atom stereocenters. The number of nitrogens with zero attached hydrogens (tertiary/aromatic N) is 3. The van der Waals surface area contributed by atoms with Crippen molar-refractivity contribution in [2.24, 2.45) is 0 Å². The van der Waals surface area contributed by atoms with Gasteiger partial charge in [0.15, 0.2) is 0 Å². The number of carbonyl (C=O) groups is 2. The molecule has 3 rings (SSSR count). The van der Waals surface area contributed by atoms with Gasteiger partial charge in [-0.1, -0.05) is 0 Å².